The van der Waals surface area contributed by atoms with E-state index in [0.717, 1.165) is 42.6 Å². The maximum absolute atomic E-state index is 14.0. The molecule has 2 fully saturated rings. The summed E-state index contributed by atoms with van der Waals surface area (Å²) in [5.74, 6) is -6.42. The number of rotatable bonds is 6. The van der Waals surface area contributed by atoms with Crippen LogP contribution in [0.4, 0.5) is 18.2 Å². The van der Waals surface area contributed by atoms with Crippen molar-refractivity contribution in [3.63, 3.8) is 0 Å². The molecule has 1 amide bonds. The number of benzene rings is 1. The first-order valence-electron chi connectivity index (χ1n) is 12.3. The Bertz CT molecular complexity index is 1710. The molecule has 40 heavy (non-hydrogen) atoms. The molecule has 6 rings (SSSR count). The third kappa shape index (κ3) is 4.40. The maximum atomic E-state index is 14.0. The van der Waals surface area contributed by atoms with Gasteiger partial charge >= 0.3 is 0 Å². The number of fused-ring (bicyclic) bond motifs is 6. The van der Waals surface area contributed by atoms with E-state index >= 15 is 0 Å². The zero-order valence-electron chi connectivity index (χ0n) is 20.8. The highest BCUT2D eigenvalue weighted by Gasteiger charge is 2.57. The minimum Gasteiger partial charge on any atom is -0.511 e. The molecule has 2 aliphatic heterocycles. The number of carbonyl (C=O) groups excluding carboxylic acids is 1. The summed E-state index contributed by atoms with van der Waals surface area (Å²) in [5, 5.41) is 15.7. The molecule has 0 unspecified atom stereocenters. The summed E-state index contributed by atoms with van der Waals surface area (Å²) in [5.41, 5.74) is -0.207. The van der Waals surface area contributed by atoms with Gasteiger partial charge in [0.2, 0.25) is 10.0 Å². The molecule has 0 spiro atoms. The average molecular weight is 617 g/mol. The number of nitrogens with zero attached hydrogens (tertiary/aromatic N) is 2. The molecule has 2 aromatic rings. The molecule has 4 atom stereocenters. The number of sulfonamides is 2. The number of hydrogen-bond donors (Lipinski definition) is 3. The van der Waals surface area contributed by atoms with E-state index in [4.69, 9.17) is 0 Å². The molecular weight excluding hydrogens is 593 g/mol. The number of nitrogens with one attached hydrogen (secondary N) is 2. The van der Waals surface area contributed by atoms with Crippen molar-refractivity contribution in [2.24, 2.45) is 22.2 Å². The second-order valence-corrected chi connectivity index (χ2v) is 14.7. The van der Waals surface area contributed by atoms with Gasteiger partial charge in [-0.2, -0.15) is 8.42 Å². The van der Waals surface area contributed by atoms with E-state index in [9.17, 15) is 39.9 Å². The molecule has 2 saturated carbocycles. The SMILES string of the molecule is CS(=O)(=O)NCc1csc2c1S(=O)(=O)N=C(C1=C(O)[C@@H]3[C@H]4CC[C@H](C4)[C@@H]3N(Cc3cc(F)c(F)c(F)c3)C1=O)N2. The van der Waals surface area contributed by atoms with E-state index in [0.29, 0.717) is 6.42 Å². The summed E-state index contributed by atoms with van der Waals surface area (Å²) < 4.78 is 97.1. The molecular formula is C24H23F3N4O6S3. The van der Waals surface area contributed by atoms with Gasteiger partial charge in [0, 0.05) is 30.6 Å². The molecule has 0 saturated heterocycles. The van der Waals surface area contributed by atoms with Gasteiger partial charge in [0.15, 0.2) is 23.3 Å². The van der Waals surface area contributed by atoms with Crippen molar-refractivity contribution in [3.05, 3.63) is 57.4 Å². The molecule has 4 aliphatic rings. The molecule has 214 valence electrons. The quantitative estimate of drug-likeness (QED) is 0.423. The zero-order chi connectivity index (χ0) is 28.7. The number of amides is 1. The molecule has 3 N–H and O–H groups in total. The van der Waals surface area contributed by atoms with Gasteiger partial charge < -0.3 is 15.3 Å². The molecule has 1 aromatic carbocycles. The first-order chi connectivity index (χ1) is 18.7. The standard InChI is InChI=1S/C24H23F3N4O6S3/c1-39(34,35)28-7-13-9-38-23-21(13)40(36,37)30-22(29-23)17-20(32)16-11-2-3-12(6-11)19(16)31(24(17)33)8-10-4-14(25)18(27)15(26)5-10/h4-5,9,11-12,16,19,28,32H,2-3,6-8H2,1H3,(H,29,30)/t11-,12+,16+,19-/m0/s1. The van der Waals surface area contributed by atoms with Crippen LogP contribution in [0.2, 0.25) is 0 Å². The lowest BCUT2D eigenvalue weighted by molar-refractivity contribution is -0.134. The molecule has 0 radical (unpaired) electrons. The molecule has 16 heteroatoms. The highest BCUT2D eigenvalue weighted by atomic mass is 32.2. The van der Waals surface area contributed by atoms with E-state index < -0.39 is 61.2 Å². The number of anilines is 1. The van der Waals surface area contributed by atoms with Crippen molar-refractivity contribution in [2.75, 3.05) is 11.6 Å². The number of carbonyl (C=O) groups is 1. The van der Waals surface area contributed by atoms with Crippen LogP contribution in [0.5, 0.6) is 0 Å². The Morgan fingerprint density at radius 3 is 2.55 bits per heavy atom. The lowest BCUT2D eigenvalue weighted by Crippen LogP contribution is -2.53. The monoisotopic (exact) mass is 616 g/mol. The van der Waals surface area contributed by atoms with Gasteiger partial charge in [-0.1, -0.05) is 0 Å². The fourth-order valence-corrected chi connectivity index (χ4v) is 9.46. The first kappa shape index (κ1) is 27.2. The smallest absolute Gasteiger partial charge is 0.287 e. The van der Waals surface area contributed by atoms with Crippen molar-refractivity contribution in [1.82, 2.24) is 9.62 Å². The van der Waals surface area contributed by atoms with Gasteiger partial charge in [-0.15, -0.1) is 15.7 Å². The average Bonchev–Trinajstić information content (AvgIpc) is 3.58. The zero-order valence-corrected chi connectivity index (χ0v) is 23.3. The third-order valence-electron chi connectivity index (χ3n) is 7.96. The summed E-state index contributed by atoms with van der Waals surface area (Å²) in [6, 6.07) is 1.12. The summed E-state index contributed by atoms with van der Waals surface area (Å²) in [6.45, 7) is -0.589. The molecule has 3 heterocycles. The minimum atomic E-state index is -4.42. The second kappa shape index (κ2) is 9.29. The molecule has 1 aromatic heterocycles. The fraction of sp³-hybridized carbons (Fsp3) is 0.417. The number of aliphatic hydroxyl groups is 1. The van der Waals surface area contributed by atoms with Crippen molar-refractivity contribution in [3.8, 4) is 0 Å². The van der Waals surface area contributed by atoms with Crippen molar-refractivity contribution < 1.29 is 39.9 Å². The number of halogens is 3. The van der Waals surface area contributed by atoms with Crippen molar-refractivity contribution in [2.45, 2.75) is 43.3 Å². The Hall–Kier alpha value is -2.95. The van der Waals surface area contributed by atoms with Crippen LogP contribution in [0.25, 0.3) is 0 Å². The van der Waals surface area contributed by atoms with Gasteiger partial charge in [-0.25, -0.2) is 26.3 Å². The van der Waals surface area contributed by atoms with Gasteiger partial charge in [-0.3, -0.25) is 4.79 Å². The molecule has 10 nitrogen and oxygen atoms in total. The Morgan fingerprint density at radius 2 is 1.88 bits per heavy atom. The van der Waals surface area contributed by atoms with Crippen LogP contribution < -0.4 is 10.0 Å². The van der Waals surface area contributed by atoms with Crippen LogP contribution in [-0.2, 0) is 37.9 Å². The van der Waals surface area contributed by atoms with E-state index in [2.05, 4.69) is 14.4 Å². The van der Waals surface area contributed by atoms with E-state index in [-0.39, 0.29) is 57.3 Å². The Labute approximate surface area is 231 Å². The van der Waals surface area contributed by atoms with Crippen molar-refractivity contribution >= 4 is 48.1 Å². The van der Waals surface area contributed by atoms with Crippen LogP contribution >= 0.6 is 11.3 Å². The summed E-state index contributed by atoms with van der Waals surface area (Å²) in [7, 11) is -8.04. The largest absolute Gasteiger partial charge is 0.511 e. The van der Waals surface area contributed by atoms with E-state index in [1.54, 1.807) is 0 Å². The van der Waals surface area contributed by atoms with Gasteiger partial charge in [0.25, 0.3) is 15.9 Å². The van der Waals surface area contributed by atoms with Crippen LogP contribution in [-0.4, -0.2) is 50.9 Å². The molecule has 2 aliphatic carbocycles. The van der Waals surface area contributed by atoms with Gasteiger partial charge in [0.1, 0.15) is 21.2 Å². The third-order valence-corrected chi connectivity index (χ3v) is 11.1. The first-order valence-corrected chi connectivity index (χ1v) is 16.5. The number of hydrogen-bond acceptors (Lipinski definition) is 8. The topological polar surface area (TPSA) is 145 Å². The summed E-state index contributed by atoms with van der Waals surface area (Å²) >= 11 is 0.961. The normalized spacial score (nSPS) is 26.9. The predicted molar refractivity (Wildman–Crippen MR) is 139 cm³/mol. The summed E-state index contributed by atoms with van der Waals surface area (Å²) in [4.78, 5) is 15.0. The number of amidine groups is 1. The van der Waals surface area contributed by atoms with Gasteiger partial charge in [0.05, 0.1) is 6.26 Å². The number of thiophene rings is 1. The molecule has 2 bridgehead atoms. The Kier molecular flexibility index (Phi) is 6.32. The van der Waals surface area contributed by atoms with Crippen LogP contribution in [0.15, 0.2) is 38.1 Å². The number of aliphatic hydroxyl groups excluding tert-OH is 1. The highest BCUT2D eigenvalue weighted by Crippen LogP contribution is 2.55. The van der Waals surface area contributed by atoms with E-state index in [1.807, 2.05) is 0 Å². The van der Waals surface area contributed by atoms with Crippen LogP contribution in [0.1, 0.15) is 30.4 Å². The minimum absolute atomic E-state index is 0.00161. The Balaban J connectivity index is 1.40. The summed E-state index contributed by atoms with van der Waals surface area (Å²) in [6.07, 6.45) is 3.23. The lowest BCUT2D eigenvalue weighted by atomic mass is 9.77. The van der Waals surface area contributed by atoms with Gasteiger partial charge in [-0.05, 0) is 54.2 Å². The second-order valence-electron chi connectivity index (χ2n) is 10.5. The van der Waals surface area contributed by atoms with Crippen LogP contribution in [0, 0.1) is 35.2 Å². The highest BCUT2D eigenvalue weighted by molar-refractivity contribution is 7.91. The fourth-order valence-electron chi connectivity index (χ4n) is 6.43. The van der Waals surface area contributed by atoms with Crippen molar-refractivity contribution in [1.29, 1.82) is 0 Å². The van der Waals surface area contributed by atoms with E-state index in [1.165, 1.54) is 10.3 Å². The Morgan fingerprint density at radius 1 is 1.20 bits per heavy atom. The lowest BCUT2D eigenvalue weighted by Gasteiger charge is -2.44. The maximum Gasteiger partial charge on any atom is 0.287 e. The van der Waals surface area contributed by atoms with Crippen LogP contribution in [0.3, 0.4) is 0 Å². The predicted octanol–water partition coefficient (Wildman–Crippen LogP) is 3.00.